The average Bonchev–Trinajstić information content (AvgIpc) is 2.52. The summed E-state index contributed by atoms with van der Waals surface area (Å²) in [5, 5.41) is 3.45. The van der Waals surface area contributed by atoms with Crippen LogP contribution in [0.25, 0.3) is 11.1 Å². The van der Waals surface area contributed by atoms with E-state index in [0.717, 1.165) is 19.4 Å². The van der Waals surface area contributed by atoms with Crippen LogP contribution in [-0.4, -0.2) is 6.04 Å². The molecule has 0 spiro atoms. The number of rotatable bonds is 6. The molecule has 2 aromatic rings. The fraction of sp³-hybridized carbons (Fsp3) is 0.400. The number of benzene rings is 2. The monoisotopic (exact) mass is 281 g/mol. The zero-order valence-corrected chi connectivity index (χ0v) is 13.7. The van der Waals surface area contributed by atoms with Crippen LogP contribution in [0.2, 0.25) is 0 Å². The van der Waals surface area contributed by atoms with Gasteiger partial charge in [0.05, 0.1) is 0 Å². The lowest BCUT2D eigenvalue weighted by Crippen LogP contribution is -2.21. The maximum atomic E-state index is 3.45. The first-order chi connectivity index (χ1) is 10.1. The summed E-state index contributed by atoms with van der Waals surface area (Å²) in [7, 11) is 0. The molecular formula is C20H27N. The molecule has 1 heteroatoms. The molecule has 0 heterocycles. The van der Waals surface area contributed by atoms with Gasteiger partial charge in [-0.05, 0) is 40.7 Å². The summed E-state index contributed by atoms with van der Waals surface area (Å²) in [4.78, 5) is 0. The van der Waals surface area contributed by atoms with Crippen LogP contribution in [0.4, 0.5) is 0 Å². The molecule has 1 N–H and O–H groups in total. The molecule has 0 saturated heterocycles. The highest BCUT2D eigenvalue weighted by molar-refractivity contribution is 5.65. The second-order valence-corrected chi connectivity index (χ2v) is 5.92. The molecule has 2 rings (SSSR count). The van der Waals surface area contributed by atoms with Crippen molar-refractivity contribution < 1.29 is 0 Å². The van der Waals surface area contributed by atoms with Crippen molar-refractivity contribution in [3.05, 3.63) is 59.2 Å². The van der Waals surface area contributed by atoms with Crippen molar-refractivity contribution in [1.29, 1.82) is 0 Å². The smallest absolute Gasteiger partial charge is 0.0207 e. The van der Waals surface area contributed by atoms with Gasteiger partial charge in [-0.1, -0.05) is 70.2 Å². The maximum absolute atomic E-state index is 3.45. The molecule has 1 nitrogen and oxygen atoms in total. The highest BCUT2D eigenvalue weighted by Gasteiger charge is 2.03. The van der Waals surface area contributed by atoms with Crippen LogP contribution in [0, 0.1) is 0 Å². The molecule has 0 aromatic heterocycles. The van der Waals surface area contributed by atoms with Gasteiger partial charge in [-0.2, -0.15) is 0 Å². The second kappa shape index (κ2) is 7.42. The summed E-state index contributed by atoms with van der Waals surface area (Å²) >= 11 is 0. The largest absolute Gasteiger partial charge is 0.310 e. The van der Waals surface area contributed by atoms with Gasteiger partial charge in [0, 0.05) is 12.6 Å². The van der Waals surface area contributed by atoms with E-state index in [1.54, 1.807) is 0 Å². The first kappa shape index (κ1) is 15.8. The van der Waals surface area contributed by atoms with E-state index in [4.69, 9.17) is 0 Å². The van der Waals surface area contributed by atoms with Crippen molar-refractivity contribution in [2.24, 2.45) is 0 Å². The van der Waals surface area contributed by atoms with Crippen molar-refractivity contribution in [3.8, 4) is 11.1 Å². The van der Waals surface area contributed by atoms with E-state index in [9.17, 15) is 0 Å². The number of hydrogen-bond donors (Lipinski definition) is 1. The summed E-state index contributed by atoms with van der Waals surface area (Å²) in [5.41, 5.74) is 6.92. The van der Waals surface area contributed by atoms with Crippen molar-refractivity contribution in [2.45, 2.75) is 53.1 Å². The minimum absolute atomic E-state index is 0.526. The van der Waals surface area contributed by atoms with Crippen LogP contribution >= 0.6 is 0 Å². The molecule has 0 saturated carbocycles. The fourth-order valence-corrected chi connectivity index (χ4v) is 2.62. The maximum Gasteiger partial charge on any atom is 0.0207 e. The van der Waals surface area contributed by atoms with Gasteiger partial charge in [-0.25, -0.2) is 0 Å². The molecule has 0 aliphatic heterocycles. The zero-order valence-electron chi connectivity index (χ0n) is 13.7. The third kappa shape index (κ3) is 4.18. The first-order valence-corrected chi connectivity index (χ1v) is 8.08. The van der Waals surface area contributed by atoms with Crippen LogP contribution in [-0.2, 0) is 19.4 Å². The molecule has 0 amide bonds. The number of aryl methyl sites for hydroxylation is 2. The molecule has 21 heavy (non-hydrogen) atoms. The average molecular weight is 281 g/mol. The Hall–Kier alpha value is -1.60. The fourth-order valence-electron chi connectivity index (χ4n) is 2.62. The lowest BCUT2D eigenvalue weighted by Gasteiger charge is -2.11. The number of nitrogens with one attached hydrogen (secondary N) is 1. The van der Waals surface area contributed by atoms with Crippen LogP contribution in [0.1, 0.15) is 44.4 Å². The Kier molecular flexibility index (Phi) is 5.58. The van der Waals surface area contributed by atoms with Crippen molar-refractivity contribution in [1.82, 2.24) is 5.32 Å². The molecular weight excluding hydrogens is 254 g/mol. The lowest BCUT2D eigenvalue weighted by atomic mass is 9.96. The molecule has 2 aromatic carbocycles. The van der Waals surface area contributed by atoms with Crippen molar-refractivity contribution in [2.75, 3.05) is 0 Å². The van der Waals surface area contributed by atoms with Crippen LogP contribution in [0.5, 0.6) is 0 Å². The Morgan fingerprint density at radius 2 is 1.43 bits per heavy atom. The summed E-state index contributed by atoms with van der Waals surface area (Å²) in [6.45, 7) is 9.75. The Balaban J connectivity index is 2.18. The molecule has 0 fully saturated rings. The van der Waals surface area contributed by atoms with Gasteiger partial charge in [0.1, 0.15) is 0 Å². The normalized spacial score (nSPS) is 11.1. The highest BCUT2D eigenvalue weighted by Crippen LogP contribution is 2.24. The molecule has 0 radical (unpaired) electrons. The molecule has 0 unspecified atom stereocenters. The SMILES string of the molecule is CCc1ccc(-c2ccc(CNC(C)C)cc2)cc1CC. The van der Waals surface area contributed by atoms with Gasteiger partial charge in [0.2, 0.25) is 0 Å². The highest BCUT2D eigenvalue weighted by atomic mass is 14.9. The van der Waals surface area contributed by atoms with Gasteiger partial charge in [0.25, 0.3) is 0 Å². The van der Waals surface area contributed by atoms with Crippen molar-refractivity contribution >= 4 is 0 Å². The third-order valence-corrected chi connectivity index (χ3v) is 3.97. The molecule has 0 aliphatic rings. The Morgan fingerprint density at radius 3 is 2.00 bits per heavy atom. The van der Waals surface area contributed by atoms with E-state index in [1.165, 1.54) is 27.8 Å². The minimum Gasteiger partial charge on any atom is -0.310 e. The van der Waals surface area contributed by atoms with Gasteiger partial charge < -0.3 is 5.32 Å². The molecule has 0 bridgehead atoms. The second-order valence-electron chi connectivity index (χ2n) is 5.92. The van der Waals surface area contributed by atoms with E-state index >= 15 is 0 Å². The van der Waals surface area contributed by atoms with E-state index in [1.807, 2.05) is 0 Å². The van der Waals surface area contributed by atoms with E-state index in [-0.39, 0.29) is 0 Å². The molecule has 0 aliphatic carbocycles. The third-order valence-electron chi connectivity index (χ3n) is 3.97. The first-order valence-electron chi connectivity index (χ1n) is 8.08. The summed E-state index contributed by atoms with van der Waals surface area (Å²) in [6.07, 6.45) is 2.22. The van der Waals surface area contributed by atoms with Gasteiger partial charge in [0.15, 0.2) is 0 Å². The zero-order chi connectivity index (χ0) is 15.2. The summed E-state index contributed by atoms with van der Waals surface area (Å²) in [6, 6.07) is 16.3. The standard InChI is InChI=1S/C20H27N/c1-5-17-11-12-20(13-18(17)6-2)19-9-7-16(8-10-19)14-21-15(3)4/h7-13,15,21H,5-6,14H2,1-4H3. The van der Waals surface area contributed by atoms with Crippen molar-refractivity contribution in [3.63, 3.8) is 0 Å². The Morgan fingerprint density at radius 1 is 0.810 bits per heavy atom. The topological polar surface area (TPSA) is 12.0 Å². The predicted octanol–water partition coefficient (Wildman–Crippen LogP) is 4.98. The molecule has 112 valence electrons. The predicted molar refractivity (Wildman–Crippen MR) is 92.6 cm³/mol. The van der Waals surface area contributed by atoms with Crippen LogP contribution in [0.15, 0.2) is 42.5 Å². The van der Waals surface area contributed by atoms with Gasteiger partial charge in [-0.3, -0.25) is 0 Å². The van der Waals surface area contributed by atoms with E-state index in [0.29, 0.717) is 6.04 Å². The van der Waals surface area contributed by atoms with E-state index < -0.39 is 0 Å². The van der Waals surface area contributed by atoms with E-state index in [2.05, 4.69) is 75.5 Å². The van der Waals surface area contributed by atoms with Crippen LogP contribution < -0.4 is 5.32 Å². The minimum atomic E-state index is 0.526. The Bertz CT molecular complexity index is 567. The summed E-state index contributed by atoms with van der Waals surface area (Å²) in [5.74, 6) is 0. The van der Waals surface area contributed by atoms with Gasteiger partial charge >= 0.3 is 0 Å². The molecule has 0 atom stereocenters. The quantitative estimate of drug-likeness (QED) is 0.787. The van der Waals surface area contributed by atoms with Gasteiger partial charge in [-0.15, -0.1) is 0 Å². The lowest BCUT2D eigenvalue weighted by molar-refractivity contribution is 0.589. The van der Waals surface area contributed by atoms with Crippen LogP contribution in [0.3, 0.4) is 0 Å². The summed E-state index contributed by atoms with van der Waals surface area (Å²) < 4.78 is 0. The number of hydrogen-bond acceptors (Lipinski definition) is 1. The Labute approximate surface area is 129 Å².